The van der Waals surface area contributed by atoms with E-state index in [1.54, 1.807) is 0 Å². The van der Waals surface area contributed by atoms with Gasteiger partial charge < -0.3 is 24.8 Å². The number of nitrogens with one attached hydrogen (secondary N) is 2. The lowest BCUT2D eigenvalue weighted by molar-refractivity contribution is 0.174. The number of rotatable bonds is 4. The van der Waals surface area contributed by atoms with Crippen molar-refractivity contribution in [2.45, 2.75) is 0 Å². The number of thiocarbonyl (C=S) groups is 1. The van der Waals surface area contributed by atoms with Gasteiger partial charge in [0.2, 0.25) is 6.79 Å². The van der Waals surface area contributed by atoms with Crippen LogP contribution in [0.5, 0.6) is 23.0 Å². The van der Waals surface area contributed by atoms with Crippen LogP contribution in [0.15, 0.2) is 72.8 Å². The number of benzene rings is 3. The van der Waals surface area contributed by atoms with Crippen molar-refractivity contribution < 1.29 is 14.2 Å². The van der Waals surface area contributed by atoms with Gasteiger partial charge in [-0.15, -0.1) is 0 Å². The number of fused-ring (bicyclic) bond motifs is 1. The first kappa shape index (κ1) is 16.2. The Morgan fingerprint density at radius 3 is 2.50 bits per heavy atom. The second-order valence-corrected chi connectivity index (χ2v) is 5.97. The molecule has 5 nitrogen and oxygen atoms in total. The van der Waals surface area contributed by atoms with Crippen LogP contribution in [0.2, 0.25) is 0 Å². The Hall–Kier alpha value is -3.25. The molecule has 0 spiro atoms. The van der Waals surface area contributed by atoms with Crippen LogP contribution in [0.3, 0.4) is 0 Å². The van der Waals surface area contributed by atoms with E-state index >= 15 is 0 Å². The second kappa shape index (κ2) is 7.33. The average molecular weight is 364 g/mol. The SMILES string of the molecule is S=C(Nc1ccc2c(c1)OCO2)Nc1ccccc1Oc1ccccc1. The van der Waals surface area contributed by atoms with Crippen LogP contribution in [-0.4, -0.2) is 11.9 Å². The monoisotopic (exact) mass is 364 g/mol. The molecule has 0 bridgehead atoms. The highest BCUT2D eigenvalue weighted by Crippen LogP contribution is 2.34. The molecule has 0 unspecified atom stereocenters. The van der Waals surface area contributed by atoms with Crippen LogP contribution < -0.4 is 24.8 Å². The van der Waals surface area contributed by atoms with E-state index in [0.29, 0.717) is 16.6 Å². The van der Waals surface area contributed by atoms with Gasteiger partial charge in [-0.1, -0.05) is 30.3 Å². The van der Waals surface area contributed by atoms with Crippen molar-refractivity contribution in [2.75, 3.05) is 17.4 Å². The van der Waals surface area contributed by atoms with E-state index in [4.69, 9.17) is 26.4 Å². The molecule has 3 aromatic carbocycles. The summed E-state index contributed by atoms with van der Waals surface area (Å²) in [6.45, 7) is 0.242. The number of para-hydroxylation sites is 3. The zero-order valence-electron chi connectivity index (χ0n) is 13.8. The molecule has 0 radical (unpaired) electrons. The maximum absolute atomic E-state index is 5.93. The molecule has 6 heteroatoms. The van der Waals surface area contributed by atoms with Gasteiger partial charge in [0.1, 0.15) is 5.75 Å². The fourth-order valence-electron chi connectivity index (χ4n) is 2.53. The maximum atomic E-state index is 5.93. The molecule has 0 fully saturated rings. The zero-order chi connectivity index (χ0) is 17.8. The van der Waals surface area contributed by atoms with Gasteiger partial charge in [0, 0.05) is 11.8 Å². The van der Waals surface area contributed by atoms with E-state index in [9.17, 15) is 0 Å². The second-order valence-electron chi connectivity index (χ2n) is 5.56. The van der Waals surface area contributed by atoms with Crippen molar-refractivity contribution in [3.63, 3.8) is 0 Å². The van der Waals surface area contributed by atoms with Gasteiger partial charge in [-0.25, -0.2) is 0 Å². The van der Waals surface area contributed by atoms with Gasteiger partial charge in [0.25, 0.3) is 0 Å². The third-order valence-electron chi connectivity index (χ3n) is 3.74. The molecule has 2 N–H and O–H groups in total. The Bertz CT molecular complexity index is 931. The number of ether oxygens (including phenoxy) is 3. The number of hydrogen-bond acceptors (Lipinski definition) is 4. The van der Waals surface area contributed by atoms with Crippen molar-refractivity contribution in [3.8, 4) is 23.0 Å². The summed E-state index contributed by atoms with van der Waals surface area (Å²) in [4.78, 5) is 0. The molecule has 0 saturated carbocycles. The molecule has 1 aliphatic heterocycles. The fraction of sp³-hybridized carbons (Fsp3) is 0.0500. The molecule has 130 valence electrons. The summed E-state index contributed by atoms with van der Waals surface area (Å²) >= 11 is 5.42. The molecule has 0 aliphatic carbocycles. The fourth-order valence-corrected chi connectivity index (χ4v) is 2.76. The Morgan fingerprint density at radius 1 is 0.846 bits per heavy atom. The lowest BCUT2D eigenvalue weighted by atomic mass is 10.2. The third kappa shape index (κ3) is 3.70. The normalized spacial score (nSPS) is 11.7. The quantitative estimate of drug-likeness (QED) is 0.634. The van der Waals surface area contributed by atoms with Gasteiger partial charge in [-0.05, 0) is 48.6 Å². The number of hydrogen-bond donors (Lipinski definition) is 2. The Kier molecular flexibility index (Phi) is 4.57. The highest BCUT2D eigenvalue weighted by atomic mass is 32.1. The van der Waals surface area contributed by atoms with E-state index in [-0.39, 0.29) is 6.79 Å². The molecule has 0 atom stereocenters. The molecule has 1 heterocycles. The maximum Gasteiger partial charge on any atom is 0.231 e. The van der Waals surface area contributed by atoms with Crippen LogP contribution in [-0.2, 0) is 0 Å². The topological polar surface area (TPSA) is 51.8 Å². The Balaban J connectivity index is 1.46. The first-order chi connectivity index (χ1) is 12.8. The van der Waals surface area contributed by atoms with Crippen molar-refractivity contribution in [3.05, 3.63) is 72.8 Å². The van der Waals surface area contributed by atoms with Crippen molar-refractivity contribution >= 4 is 28.7 Å². The molecular weight excluding hydrogens is 348 g/mol. The summed E-state index contributed by atoms with van der Waals surface area (Å²) in [5.41, 5.74) is 1.59. The first-order valence-corrected chi connectivity index (χ1v) is 8.48. The summed E-state index contributed by atoms with van der Waals surface area (Å²) in [5, 5.41) is 6.76. The summed E-state index contributed by atoms with van der Waals surface area (Å²) in [6, 6.07) is 22.8. The van der Waals surface area contributed by atoms with Crippen molar-refractivity contribution in [1.82, 2.24) is 0 Å². The van der Waals surface area contributed by atoms with Gasteiger partial charge in [-0.2, -0.15) is 0 Å². The lowest BCUT2D eigenvalue weighted by Crippen LogP contribution is -2.19. The summed E-state index contributed by atoms with van der Waals surface area (Å²) in [7, 11) is 0. The summed E-state index contributed by atoms with van der Waals surface area (Å²) < 4.78 is 16.6. The molecule has 0 amide bonds. The lowest BCUT2D eigenvalue weighted by Gasteiger charge is -2.15. The molecule has 0 saturated heterocycles. The van der Waals surface area contributed by atoms with Crippen LogP contribution >= 0.6 is 12.2 Å². The predicted molar refractivity (Wildman–Crippen MR) is 105 cm³/mol. The molecule has 4 rings (SSSR count). The highest BCUT2D eigenvalue weighted by molar-refractivity contribution is 7.80. The van der Waals surface area contributed by atoms with Crippen LogP contribution in [0, 0.1) is 0 Å². The van der Waals surface area contributed by atoms with Crippen molar-refractivity contribution in [1.29, 1.82) is 0 Å². The van der Waals surface area contributed by atoms with E-state index in [0.717, 1.165) is 22.9 Å². The molecule has 3 aromatic rings. The van der Waals surface area contributed by atoms with E-state index < -0.39 is 0 Å². The minimum Gasteiger partial charge on any atom is -0.455 e. The van der Waals surface area contributed by atoms with Crippen molar-refractivity contribution in [2.24, 2.45) is 0 Å². The summed E-state index contributed by atoms with van der Waals surface area (Å²) in [6.07, 6.45) is 0. The average Bonchev–Trinajstić information content (AvgIpc) is 3.12. The van der Waals surface area contributed by atoms with Gasteiger partial charge in [0.15, 0.2) is 22.4 Å². The smallest absolute Gasteiger partial charge is 0.231 e. The van der Waals surface area contributed by atoms with Gasteiger partial charge in [0.05, 0.1) is 5.69 Å². The Morgan fingerprint density at radius 2 is 1.62 bits per heavy atom. The van der Waals surface area contributed by atoms with Crippen LogP contribution in [0.1, 0.15) is 0 Å². The minimum atomic E-state index is 0.242. The van der Waals surface area contributed by atoms with E-state index in [1.807, 2.05) is 72.8 Å². The van der Waals surface area contributed by atoms with E-state index in [1.165, 1.54) is 0 Å². The Labute approximate surface area is 156 Å². The number of anilines is 2. The largest absolute Gasteiger partial charge is 0.455 e. The predicted octanol–water partition coefficient (Wildman–Crippen LogP) is 5.02. The molecular formula is C20H16N2O3S. The van der Waals surface area contributed by atoms with E-state index in [2.05, 4.69) is 10.6 Å². The first-order valence-electron chi connectivity index (χ1n) is 8.07. The van der Waals surface area contributed by atoms with Crippen LogP contribution in [0.4, 0.5) is 11.4 Å². The van der Waals surface area contributed by atoms with Crippen LogP contribution in [0.25, 0.3) is 0 Å². The molecule has 0 aromatic heterocycles. The minimum absolute atomic E-state index is 0.242. The van der Waals surface area contributed by atoms with Gasteiger partial charge >= 0.3 is 0 Å². The molecule has 1 aliphatic rings. The summed E-state index contributed by atoms with van der Waals surface area (Å²) in [5.74, 6) is 2.88. The highest BCUT2D eigenvalue weighted by Gasteiger charge is 2.14. The molecule has 26 heavy (non-hydrogen) atoms. The van der Waals surface area contributed by atoms with Gasteiger partial charge in [-0.3, -0.25) is 0 Å². The third-order valence-corrected chi connectivity index (χ3v) is 3.94. The standard InChI is InChI=1S/C20H16N2O3S/c26-20(21-14-10-11-18-19(12-14)24-13-23-18)22-16-8-4-5-9-17(16)25-15-6-2-1-3-7-15/h1-12H,13H2,(H2,21,22,26). The zero-order valence-corrected chi connectivity index (χ0v) is 14.6.